The van der Waals surface area contributed by atoms with E-state index in [-0.39, 0.29) is 70.1 Å². The van der Waals surface area contributed by atoms with Gasteiger partial charge in [0, 0.05) is 0 Å². The molecule has 1 aromatic carbocycles. The Bertz CT molecular complexity index is 178. The molecule has 0 atom stereocenters. The molecular formula is C9H14Na2O2. The Balaban J connectivity index is -0.000000101. The smallest absolute Gasteiger partial charge is 0.870 e. The Kier molecular flexibility index (Phi) is 24.0. The zero-order valence-corrected chi connectivity index (χ0v) is 12.9. The van der Waals surface area contributed by atoms with Gasteiger partial charge in [-0.15, -0.1) is 0 Å². The zero-order valence-electron chi connectivity index (χ0n) is 8.86. The quantitative estimate of drug-likeness (QED) is 0.441. The van der Waals surface area contributed by atoms with Crippen LogP contribution in [0.1, 0.15) is 25.3 Å². The molecule has 0 radical (unpaired) electrons. The Morgan fingerprint density at radius 3 is 1.46 bits per heavy atom. The summed E-state index contributed by atoms with van der Waals surface area (Å²) in [6, 6.07) is 10.5. The van der Waals surface area contributed by atoms with Gasteiger partial charge in [0.05, 0.1) is 0 Å². The van der Waals surface area contributed by atoms with Crippen LogP contribution in [0.25, 0.3) is 0 Å². The van der Waals surface area contributed by atoms with E-state index >= 15 is 0 Å². The minimum Gasteiger partial charge on any atom is -0.870 e. The largest absolute Gasteiger partial charge is 1.00 e. The van der Waals surface area contributed by atoms with Crippen molar-refractivity contribution in [3.05, 3.63) is 35.9 Å². The number of hydrogen-bond donors (Lipinski definition) is 0. The van der Waals surface area contributed by atoms with Crippen molar-refractivity contribution in [1.29, 1.82) is 0 Å². The van der Waals surface area contributed by atoms with Crippen LogP contribution in [0.4, 0.5) is 0 Å². The first-order chi connectivity index (χ1) is 4.30. The van der Waals surface area contributed by atoms with E-state index in [9.17, 15) is 0 Å². The minimum atomic E-state index is 0. The van der Waals surface area contributed by atoms with Crippen LogP contribution in [-0.4, -0.2) is 11.0 Å². The number of rotatable bonds is 1. The van der Waals surface area contributed by atoms with Gasteiger partial charge in [-0.2, -0.15) is 0 Å². The van der Waals surface area contributed by atoms with Gasteiger partial charge in [0.25, 0.3) is 0 Å². The van der Waals surface area contributed by atoms with Crippen molar-refractivity contribution in [2.24, 2.45) is 0 Å². The van der Waals surface area contributed by atoms with Gasteiger partial charge in [-0.05, 0) is 11.5 Å². The van der Waals surface area contributed by atoms with Crippen LogP contribution < -0.4 is 59.1 Å². The molecular weight excluding hydrogens is 186 g/mol. The van der Waals surface area contributed by atoms with Crippen LogP contribution in [0, 0.1) is 0 Å². The molecule has 0 saturated carbocycles. The van der Waals surface area contributed by atoms with E-state index in [0.717, 1.165) is 0 Å². The molecule has 0 spiro atoms. The summed E-state index contributed by atoms with van der Waals surface area (Å²) < 4.78 is 0. The molecule has 4 heteroatoms. The zero-order chi connectivity index (χ0) is 6.69. The standard InChI is InChI=1S/C9H12.2Na.2H2O/c1-8(2)9-6-4-3-5-7-9;;;;/h3-8H,1-2H3;;;2*1H2/q;2*+1;;/p-2. The first-order valence-corrected chi connectivity index (χ1v) is 3.35. The molecule has 0 heterocycles. The van der Waals surface area contributed by atoms with Crippen molar-refractivity contribution < 1.29 is 70.1 Å². The summed E-state index contributed by atoms with van der Waals surface area (Å²) in [7, 11) is 0. The molecule has 13 heavy (non-hydrogen) atoms. The van der Waals surface area contributed by atoms with Gasteiger partial charge in [0.15, 0.2) is 0 Å². The second-order valence-corrected chi connectivity index (χ2v) is 2.57. The van der Waals surface area contributed by atoms with Crippen molar-refractivity contribution in [2.75, 3.05) is 0 Å². The molecule has 0 aliphatic rings. The van der Waals surface area contributed by atoms with Crippen LogP contribution >= 0.6 is 0 Å². The van der Waals surface area contributed by atoms with Gasteiger partial charge in [0.1, 0.15) is 0 Å². The Hall–Kier alpha value is 1.14. The fourth-order valence-electron chi connectivity index (χ4n) is 0.838. The van der Waals surface area contributed by atoms with Gasteiger partial charge in [-0.25, -0.2) is 0 Å². The molecule has 2 N–H and O–H groups in total. The van der Waals surface area contributed by atoms with E-state index in [0.29, 0.717) is 5.92 Å². The van der Waals surface area contributed by atoms with E-state index in [2.05, 4.69) is 38.1 Å². The third kappa shape index (κ3) is 9.44. The molecule has 0 aromatic heterocycles. The summed E-state index contributed by atoms with van der Waals surface area (Å²) in [5, 5.41) is 0. The van der Waals surface area contributed by atoms with Crippen LogP contribution in [0.3, 0.4) is 0 Å². The molecule has 64 valence electrons. The van der Waals surface area contributed by atoms with Gasteiger partial charge in [-0.1, -0.05) is 44.2 Å². The van der Waals surface area contributed by atoms with Crippen molar-refractivity contribution in [3.8, 4) is 0 Å². The second-order valence-electron chi connectivity index (χ2n) is 2.57. The SMILES string of the molecule is CC(C)c1ccccc1.[Na+].[Na+].[OH-].[OH-]. The summed E-state index contributed by atoms with van der Waals surface area (Å²) in [6.45, 7) is 4.41. The molecule has 0 fully saturated rings. The van der Waals surface area contributed by atoms with Gasteiger partial charge < -0.3 is 11.0 Å². The van der Waals surface area contributed by atoms with Crippen LogP contribution in [0.15, 0.2) is 30.3 Å². The third-order valence-electron chi connectivity index (χ3n) is 1.47. The van der Waals surface area contributed by atoms with Crippen molar-refractivity contribution >= 4 is 0 Å². The third-order valence-corrected chi connectivity index (χ3v) is 1.47. The first-order valence-electron chi connectivity index (χ1n) is 3.35. The summed E-state index contributed by atoms with van der Waals surface area (Å²) in [6.07, 6.45) is 0. The minimum absolute atomic E-state index is 0. The summed E-state index contributed by atoms with van der Waals surface area (Å²) in [5.74, 6) is 0.659. The van der Waals surface area contributed by atoms with E-state index in [1.54, 1.807) is 0 Å². The van der Waals surface area contributed by atoms with Crippen molar-refractivity contribution in [2.45, 2.75) is 19.8 Å². The van der Waals surface area contributed by atoms with Crippen LogP contribution in [0.5, 0.6) is 0 Å². The summed E-state index contributed by atoms with van der Waals surface area (Å²) >= 11 is 0. The Labute approximate surface area is 124 Å². The average Bonchev–Trinajstić information content (AvgIpc) is 1.90. The summed E-state index contributed by atoms with van der Waals surface area (Å²) in [5.41, 5.74) is 1.41. The Morgan fingerprint density at radius 1 is 0.846 bits per heavy atom. The van der Waals surface area contributed by atoms with E-state index in [1.165, 1.54) is 5.56 Å². The molecule has 2 nitrogen and oxygen atoms in total. The predicted octanol–water partition coefficient (Wildman–Crippen LogP) is -3.54. The fourth-order valence-corrected chi connectivity index (χ4v) is 0.838. The molecule has 0 bridgehead atoms. The topological polar surface area (TPSA) is 60.0 Å². The molecule has 0 aliphatic carbocycles. The summed E-state index contributed by atoms with van der Waals surface area (Å²) in [4.78, 5) is 0. The van der Waals surface area contributed by atoms with Gasteiger partial charge in [-0.3, -0.25) is 0 Å². The number of hydrogen-bond acceptors (Lipinski definition) is 2. The molecule has 0 unspecified atom stereocenters. The van der Waals surface area contributed by atoms with Crippen LogP contribution in [-0.2, 0) is 0 Å². The van der Waals surface area contributed by atoms with E-state index < -0.39 is 0 Å². The maximum Gasteiger partial charge on any atom is 1.00 e. The maximum atomic E-state index is 2.20. The molecule has 0 saturated heterocycles. The van der Waals surface area contributed by atoms with Crippen LogP contribution in [0.2, 0.25) is 0 Å². The second kappa shape index (κ2) is 13.1. The van der Waals surface area contributed by atoms with E-state index in [1.807, 2.05) is 6.07 Å². The first kappa shape index (κ1) is 23.7. The van der Waals surface area contributed by atoms with Crippen molar-refractivity contribution in [1.82, 2.24) is 0 Å². The van der Waals surface area contributed by atoms with Gasteiger partial charge in [0.2, 0.25) is 0 Å². The van der Waals surface area contributed by atoms with Gasteiger partial charge >= 0.3 is 59.1 Å². The molecule has 0 amide bonds. The predicted molar refractivity (Wildman–Crippen MR) is 44.4 cm³/mol. The molecule has 1 rings (SSSR count). The normalized spacial score (nSPS) is 7.00. The average molecular weight is 200 g/mol. The Morgan fingerprint density at radius 2 is 1.23 bits per heavy atom. The van der Waals surface area contributed by atoms with E-state index in [4.69, 9.17) is 0 Å². The monoisotopic (exact) mass is 200 g/mol. The van der Waals surface area contributed by atoms with Crippen molar-refractivity contribution in [3.63, 3.8) is 0 Å². The fraction of sp³-hybridized carbons (Fsp3) is 0.333. The molecule has 0 aliphatic heterocycles. The molecule has 1 aromatic rings. The maximum absolute atomic E-state index is 2.20. The number of benzene rings is 1.